The van der Waals surface area contributed by atoms with Crippen LogP contribution in [-0.2, 0) is 22.9 Å². The Morgan fingerprint density at radius 3 is 2.73 bits per heavy atom. The van der Waals surface area contributed by atoms with E-state index in [2.05, 4.69) is 10.1 Å². The zero-order chi connectivity index (χ0) is 11.3. The summed E-state index contributed by atoms with van der Waals surface area (Å²) >= 11 is 0. The quantitative estimate of drug-likeness (QED) is 0.718. The van der Waals surface area contributed by atoms with Gasteiger partial charge in [0, 0.05) is 5.75 Å². The molecule has 1 aromatic heterocycles. The van der Waals surface area contributed by atoms with Crippen LogP contribution in [0.3, 0.4) is 0 Å². The van der Waals surface area contributed by atoms with Gasteiger partial charge in [0.2, 0.25) is 0 Å². The molecule has 6 nitrogen and oxygen atoms in total. The van der Waals surface area contributed by atoms with E-state index in [1.807, 2.05) is 6.92 Å². The molecular formula is C8H16N4O2S. The van der Waals surface area contributed by atoms with Crippen LogP contribution in [0.1, 0.15) is 19.2 Å². The summed E-state index contributed by atoms with van der Waals surface area (Å²) in [7, 11) is -2.95. The van der Waals surface area contributed by atoms with Gasteiger partial charge in [-0.05, 0) is 6.42 Å². The fourth-order valence-corrected chi connectivity index (χ4v) is 2.47. The van der Waals surface area contributed by atoms with Crippen LogP contribution in [0.15, 0.2) is 6.33 Å². The van der Waals surface area contributed by atoms with Gasteiger partial charge in [0.05, 0.1) is 18.8 Å². The van der Waals surface area contributed by atoms with Crippen molar-refractivity contribution in [1.29, 1.82) is 0 Å². The minimum atomic E-state index is -2.95. The average molecular weight is 232 g/mol. The third-order valence-electron chi connectivity index (χ3n) is 1.91. The molecule has 2 N–H and O–H groups in total. The van der Waals surface area contributed by atoms with Crippen molar-refractivity contribution in [3.63, 3.8) is 0 Å². The lowest BCUT2D eigenvalue weighted by atomic mass is 10.6. The Morgan fingerprint density at radius 1 is 1.47 bits per heavy atom. The third kappa shape index (κ3) is 3.96. The first-order valence-corrected chi connectivity index (χ1v) is 6.68. The highest BCUT2D eigenvalue weighted by molar-refractivity contribution is 7.91. The number of aromatic nitrogens is 3. The van der Waals surface area contributed by atoms with Gasteiger partial charge >= 0.3 is 0 Å². The normalized spacial score (nSPS) is 11.9. The second kappa shape index (κ2) is 5.22. The fourth-order valence-electron chi connectivity index (χ4n) is 1.18. The van der Waals surface area contributed by atoms with Gasteiger partial charge in [-0.1, -0.05) is 6.92 Å². The van der Waals surface area contributed by atoms with E-state index in [1.165, 1.54) is 11.0 Å². The van der Waals surface area contributed by atoms with Gasteiger partial charge in [-0.3, -0.25) is 4.68 Å². The van der Waals surface area contributed by atoms with Crippen molar-refractivity contribution in [1.82, 2.24) is 14.8 Å². The zero-order valence-corrected chi connectivity index (χ0v) is 9.57. The summed E-state index contributed by atoms with van der Waals surface area (Å²) in [5.74, 6) is 0.863. The van der Waals surface area contributed by atoms with Gasteiger partial charge in [-0.15, -0.1) is 0 Å². The van der Waals surface area contributed by atoms with E-state index in [-0.39, 0.29) is 18.1 Å². The molecule has 0 aromatic carbocycles. The monoisotopic (exact) mass is 232 g/mol. The van der Waals surface area contributed by atoms with E-state index in [4.69, 9.17) is 5.73 Å². The Kier molecular flexibility index (Phi) is 4.22. The first kappa shape index (κ1) is 12.1. The van der Waals surface area contributed by atoms with E-state index in [9.17, 15) is 8.42 Å². The Morgan fingerprint density at radius 2 is 2.20 bits per heavy atom. The van der Waals surface area contributed by atoms with E-state index in [0.717, 1.165) is 0 Å². The lowest BCUT2D eigenvalue weighted by Gasteiger charge is -2.01. The molecule has 1 aromatic rings. The molecule has 1 rings (SSSR count). The highest BCUT2D eigenvalue weighted by atomic mass is 32.2. The third-order valence-corrected chi connectivity index (χ3v) is 3.75. The molecule has 7 heteroatoms. The lowest BCUT2D eigenvalue weighted by molar-refractivity contribution is 0.578. The zero-order valence-electron chi connectivity index (χ0n) is 8.76. The van der Waals surface area contributed by atoms with Gasteiger partial charge < -0.3 is 5.73 Å². The van der Waals surface area contributed by atoms with Crippen LogP contribution in [0, 0.1) is 0 Å². The Labute approximate surface area is 89.4 Å². The molecule has 0 atom stereocenters. The van der Waals surface area contributed by atoms with Crippen molar-refractivity contribution < 1.29 is 8.42 Å². The van der Waals surface area contributed by atoms with Crippen LogP contribution in [0.25, 0.3) is 0 Å². The first-order chi connectivity index (χ1) is 7.07. The van der Waals surface area contributed by atoms with Crippen molar-refractivity contribution in [2.45, 2.75) is 26.4 Å². The summed E-state index contributed by atoms with van der Waals surface area (Å²) in [4.78, 5) is 3.91. The van der Waals surface area contributed by atoms with Gasteiger partial charge in [-0.25, -0.2) is 13.4 Å². The van der Waals surface area contributed by atoms with Crippen molar-refractivity contribution in [2.75, 3.05) is 11.5 Å². The van der Waals surface area contributed by atoms with Crippen molar-refractivity contribution >= 4 is 9.84 Å². The first-order valence-electron chi connectivity index (χ1n) is 4.86. The van der Waals surface area contributed by atoms with Crippen LogP contribution in [0.4, 0.5) is 0 Å². The minimum absolute atomic E-state index is 0.105. The molecule has 0 aliphatic carbocycles. The van der Waals surface area contributed by atoms with Crippen molar-refractivity contribution in [2.24, 2.45) is 5.73 Å². The molecule has 15 heavy (non-hydrogen) atoms. The predicted molar refractivity (Wildman–Crippen MR) is 56.9 cm³/mol. The maximum absolute atomic E-state index is 11.4. The predicted octanol–water partition coefficient (Wildman–Crippen LogP) is -0.438. The summed E-state index contributed by atoms with van der Waals surface area (Å²) in [6.45, 7) is 2.46. The molecule has 1 heterocycles. The summed E-state index contributed by atoms with van der Waals surface area (Å²) < 4.78 is 24.3. The second-order valence-electron chi connectivity index (χ2n) is 3.28. The maximum Gasteiger partial charge on any atom is 0.164 e. The number of nitrogens with two attached hydrogens (primary N) is 1. The van der Waals surface area contributed by atoms with E-state index >= 15 is 0 Å². The minimum Gasteiger partial charge on any atom is -0.324 e. The number of hydrogen-bond donors (Lipinski definition) is 1. The number of aryl methyl sites for hydroxylation is 1. The molecule has 0 saturated heterocycles. The van der Waals surface area contributed by atoms with Crippen molar-refractivity contribution in [3.05, 3.63) is 12.2 Å². The number of rotatable bonds is 6. The largest absolute Gasteiger partial charge is 0.324 e. The molecule has 86 valence electrons. The molecule has 0 spiro atoms. The standard InChI is InChI=1S/C8H16N4O2S/c1-2-4-15(13,14)5-3-12-7-10-8(6-9)11-12/h7H,2-6,9H2,1H3. The molecule has 0 bridgehead atoms. The lowest BCUT2D eigenvalue weighted by Crippen LogP contribution is -2.16. The smallest absolute Gasteiger partial charge is 0.164 e. The number of sulfone groups is 1. The van der Waals surface area contributed by atoms with Crippen molar-refractivity contribution in [3.8, 4) is 0 Å². The molecular weight excluding hydrogens is 216 g/mol. The van der Waals surface area contributed by atoms with Crippen LogP contribution in [0.2, 0.25) is 0 Å². The number of hydrogen-bond acceptors (Lipinski definition) is 5. The van der Waals surface area contributed by atoms with E-state index < -0.39 is 9.84 Å². The Balaban J connectivity index is 2.50. The van der Waals surface area contributed by atoms with Gasteiger partial charge in [0.25, 0.3) is 0 Å². The highest BCUT2D eigenvalue weighted by Gasteiger charge is 2.09. The second-order valence-corrected chi connectivity index (χ2v) is 5.58. The Bertz CT molecular complexity index is 399. The Hall–Kier alpha value is -0.950. The van der Waals surface area contributed by atoms with Crippen LogP contribution < -0.4 is 5.73 Å². The summed E-state index contributed by atoms with van der Waals surface area (Å²) in [6, 6.07) is 0. The summed E-state index contributed by atoms with van der Waals surface area (Å²) in [5.41, 5.74) is 5.34. The summed E-state index contributed by atoms with van der Waals surface area (Å²) in [6.07, 6.45) is 2.15. The molecule has 0 amide bonds. The maximum atomic E-state index is 11.4. The van der Waals surface area contributed by atoms with Gasteiger partial charge in [0.15, 0.2) is 15.7 Å². The number of nitrogens with zero attached hydrogens (tertiary/aromatic N) is 3. The van der Waals surface area contributed by atoms with Gasteiger partial charge in [-0.2, -0.15) is 5.10 Å². The van der Waals surface area contributed by atoms with Gasteiger partial charge in [0.1, 0.15) is 6.33 Å². The average Bonchev–Trinajstić information content (AvgIpc) is 2.62. The fraction of sp³-hybridized carbons (Fsp3) is 0.750. The molecule has 0 unspecified atom stereocenters. The summed E-state index contributed by atoms with van der Waals surface area (Å²) in [5, 5.41) is 4.01. The molecule has 0 fully saturated rings. The molecule has 0 radical (unpaired) electrons. The SMILES string of the molecule is CCCS(=O)(=O)CCn1cnc(CN)n1. The van der Waals surface area contributed by atoms with Crippen LogP contribution in [-0.4, -0.2) is 34.7 Å². The van der Waals surface area contributed by atoms with Crippen LogP contribution >= 0.6 is 0 Å². The topological polar surface area (TPSA) is 90.9 Å². The highest BCUT2D eigenvalue weighted by Crippen LogP contribution is 1.96. The van der Waals surface area contributed by atoms with E-state index in [0.29, 0.717) is 18.8 Å². The van der Waals surface area contributed by atoms with Crippen LogP contribution in [0.5, 0.6) is 0 Å². The van der Waals surface area contributed by atoms with E-state index in [1.54, 1.807) is 0 Å². The molecule has 0 aliphatic rings. The molecule has 0 aliphatic heterocycles. The molecule has 0 saturated carbocycles.